The predicted octanol–water partition coefficient (Wildman–Crippen LogP) is 1.82. The van der Waals surface area contributed by atoms with E-state index in [-0.39, 0.29) is 5.56 Å². The number of rotatable bonds is 0. The number of fused-ring (bicyclic) bond motifs is 1. The molecule has 62 valence electrons. The molecule has 1 aromatic heterocycles. The molecule has 12 heavy (non-hydrogen) atoms. The van der Waals surface area contributed by atoms with Gasteiger partial charge >= 0.3 is 0 Å². The second-order valence-corrected chi connectivity index (χ2v) is 3.10. The minimum Gasteiger partial charge on any atom is -0.296 e. The number of halogens is 1. The molecule has 2 aromatic rings. The fourth-order valence-corrected chi connectivity index (χ4v) is 1.48. The summed E-state index contributed by atoms with van der Waals surface area (Å²) in [5.74, 6) is 0. The Morgan fingerprint density at radius 2 is 2.08 bits per heavy atom. The summed E-state index contributed by atoms with van der Waals surface area (Å²) in [4.78, 5) is 11.2. The molecular weight excluding hydrogens is 176 g/mol. The van der Waals surface area contributed by atoms with Crippen LogP contribution >= 0.6 is 11.6 Å². The van der Waals surface area contributed by atoms with Gasteiger partial charge in [-0.25, -0.2) is 0 Å². The van der Waals surface area contributed by atoms with E-state index in [1.165, 1.54) is 0 Å². The van der Waals surface area contributed by atoms with Gasteiger partial charge < -0.3 is 0 Å². The molecule has 0 aliphatic heterocycles. The number of hydrogen-bond acceptors (Lipinski definition) is 1. The van der Waals surface area contributed by atoms with Gasteiger partial charge in [0, 0.05) is 0 Å². The van der Waals surface area contributed by atoms with Gasteiger partial charge in [0.25, 0.3) is 5.56 Å². The fraction of sp³-hybridized carbons (Fsp3) is 0.125. The van der Waals surface area contributed by atoms with Crippen molar-refractivity contribution in [1.29, 1.82) is 0 Å². The smallest absolute Gasteiger partial charge is 0.272 e. The second kappa shape index (κ2) is 2.38. The number of aryl methyl sites for hydroxylation is 1. The number of nitrogens with one attached hydrogen (secondary N) is 2. The van der Waals surface area contributed by atoms with Crippen molar-refractivity contribution >= 4 is 22.5 Å². The van der Waals surface area contributed by atoms with Crippen molar-refractivity contribution in [2.45, 2.75) is 6.92 Å². The Labute approximate surface area is 73.3 Å². The summed E-state index contributed by atoms with van der Waals surface area (Å²) in [6, 6.07) is 3.59. The summed E-state index contributed by atoms with van der Waals surface area (Å²) >= 11 is 5.85. The second-order valence-electron chi connectivity index (χ2n) is 2.69. The van der Waals surface area contributed by atoms with E-state index >= 15 is 0 Å². The first-order valence-electron chi connectivity index (χ1n) is 3.55. The van der Waals surface area contributed by atoms with Crippen LogP contribution in [0.4, 0.5) is 0 Å². The molecule has 0 amide bonds. The SMILES string of the molecule is Cc1ccc(Cl)c2[nH][nH]c(=O)c12. The minimum atomic E-state index is -0.120. The van der Waals surface area contributed by atoms with Gasteiger partial charge in [0.05, 0.1) is 15.9 Å². The molecule has 0 radical (unpaired) electrons. The largest absolute Gasteiger partial charge is 0.296 e. The molecule has 0 aliphatic rings. The average molecular weight is 183 g/mol. The first kappa shape index (κ1) is 7.43. The Bertz CT molecular complexity index is 483. The number of H-pyrrole nitrogens is 2. The summed E-state index contributed by atoms with van der Waals surface area (Å²) in [6.07, 6.45) is 0. The van der Waals surface area contributed by atoms with Crippen molar-refractivity contribution in [2.24, 2.45) is 0 Å². The van der Waals surface area contributed by atoms with Crippen LogP contribution in [0.25, 0.3) is 10.9 Å². The maximum Gasteiger partial charge on any atom is 0.272 e. The van der Waals surface area contributed by atoms with Crippen LogP contribution < -0.4 is 5.56 Å². The topological polar surface area (TPSA) is 48.6 Å². The lowest BCUT2D eigenvalue weighted by Crippen LogP contribution is -1.98. The van der Waals surface area contributed by atoms with Crippen molar-refractivity contribution in [1.82, 2.24) is 10.2 Å². The van der Waals surface area contributed by atoms with E-state index in [9.17, 15) is 4.79 Å². The molecule has 2 rings (SSSR count). The minimum absolute atomic E-state index is 0.120. The Morgan fingerprint density at radius 1 is 1.33 bits per heavy atom. The van der Waals surface area contributed by atoms with E-state index in [1.54, 1.807) is 6.07 Å². The van der Waals surface area contributed by atoms with Gasteiger partial charge in [-0.1, -0.05) is 17.7 Å². The number of aromatic nitrogens is 2. The zero-order valence-corrected chi connectivity index (χ0v) is 7.20. The van der Waals surface area contributed by atoms with Gasteiger partial charge in [-0.2, -0.15) is 0 Å². The van der Waals surface area contributed by atoms with E-state index in [1.807, 2.05) is 13.0 Å². The number of aromatic amines is 2. The lowest BCUT2D eigenvalue weighted by Gasteiger charge is -1.94. The van der Waals surface area contributed by atoms with E-state index < -0.39 is 0 Å². The summed E-state index contributed by atoms with van der Waals surface area (Å²) in [6.45, 7) is 1.88. The molecule has 3 nitrogen and oxygen atoms in total. The van der Waals surface area contributed by atoms with Crippen molar-refractivity contribution < 1.29 is 0 Å². The van der Waals surface area contributed by atoms with Crippen LogP contribution in [0.1, 0.15) is 5.56 Å². The van der Waals surface area contributed by atoms with Crippen molar-refractivity contribution in [3.05, 3.63) is 33.1 Å². The van der Waals surface area contributed by atoms with Gasteiger partial charge in [0.2, 0.25) is 0 Å². The van der Waals surface area contributed by atoms with Crippen LogP contribution in [0.15, 0.2) is 16.9 Å². The van der Waals surface area contributed by atoms with Crippen LogP contribution in [-0.2, 0) is 0 Å². The highest BCUT2D eigenvalue weighted by molar-refractivity contribution is 6.35. The fourth-order valence-electron chi connectivity index (χ4n) is 1.28. The maximum absolute atomic E-state index is 11.2. The summed E-state index contributed by atoms with van der Waals surface area (Å²) in [5.41, 5.74) is 1.49. The molecule has 0 saturated carbocycles. The summed E-state index contributed by atoms with van der Waals surface area (Å²) in [7, 11) is 0. The van der Waals surface area contributed by atoms with E-state index in [4.69, 9.17) is 11.6 Å². The van der Waals surface area contributed by atoms with E-state index in [2.05, 4.69) is 10.2 Å². The van der Waals surface area contributed by atoms with Crippen LogP contribution in [0.2, 0.25) is 5.02 Å². The molecule has 2 N–H and O–H groups in total. The molecule has 0 spiro atoms. The van der Waals surface area contributed by atoms with Crippen LogP contribution in [0.3, 0.4) is 0 Å². The third-order valence-electron chi connectivity index (χ3n) is 1.89. The zero-order chi connectivity index (χ0) is 8.72. The molecule has 0 unspecified atom stereocenters. The van der Waals surface area contributed by atoms with Crippen molar-refractivity contribution in [2.75, 3.05) is 0 Å². The Balaban J connectivity index is 3.09. The predicted molar refractivity (Wildman–Crippen MR) is 48.7 cm³/mol. The Hall–Kier alpha value is -1.22. The zero-order valence-electron chi connectivity index (χ0n) is 6.44. The highest BCUT2D eigenvalue weighted by Crippen LogP contribution is 2.20. The first-order valence-corrected chi connectivity index (χ1v) is 3.93. The van der Waals surface area contributed by atoms with Crippen molar-refractivity contribution in [3.63, 3.8) is 0 Å². The van der Waals surface area contributed by atoms with Gasteiger partial charge in [-0.3, -0.25) is 15.0 Å². The third kappa shape index (κ3) is 0.865. The molecule has 0 aliphatic carbocycles. The molecule has 0 fully saturated rings. The summed E-state index contributed by atoms with van der Waals surface area (Å²) < 4.78 is 0. The highest BCUT2D eigenvalue weighted by Gasteiger charge is 2.06. The lowest BCUT2D eigenvalue weighted by atomic mass is 10.1. The molecule has 0 saturated heterocycles. The normalized spacial score (nSPS) is 10.8. The molecule has 1 aromatic carbocycles. The lowest BCUT2D eigenvalue weighted by molar-refractivity contribution is 1.08. The van der Waals surface area contributed by atoms with Gasteiger partial charge in [-0.05, 0) is 18.6 Å². The quantitative estimate of drug-likeness (QED) is 0.642. The molecule has 0 atom stereocenters. The molecular formula is C8H7ClN2O. The molecule has 4 heteroatoms. The van der Waals surface area contributed by atoms with Gasteiger partial charge in [0.15, 0.2) is 0 Å². The number of benzene rings is 1. The van der Waals surface area contributed by atoms with E-state index in [0.29, 0.717) is 15.9 Å². The maximum atomic E-state index is 11.2. The van der Waals surface area contributed by atoms with Gasteiger partial charge in [-0.15, -0.1) is 0 Å². The first-order chi connectivity index (χ1) is 5.70. The van der Waals surface area contributed by atoms with E-state index in [0.717, 1.165) is 5.56 Å². The Morgan fingerprint density at radius 3 is 2.75 bits per heavy atom. The Kier molecular flexibility index (Phi) is 1.48. The molecule has 0 bridgehead atoms. The van der Waals surface area contributed by atoms with Crippen LogP contribution in [0.5, 0.6) is 0 Å². The van der Waals surface area contributed by atoms with Crippen LogP contribution in [0, 0.1) is 6.92 Å². The standard InChI is InChI=1S/C8H7ClN2O/c1-4-2-3-5(9)7-6(4)8(12)11-10-7/h2-3H,1H3,(H2,10,11,12). The highest BCUT2D eigenvalue weighted by atomic mass is 35.5. The monoisotopic (exact) mass is 182 g/mol. The van der Waals surface area contributed by atoms with Gasteiger partial charge in [0.1, 0.15) is 0 Å². The summed E-state index contributed by atoms with van der Waals surface area (Å²) in [5, 5.41) is 6.43. The van der Waals surface area contributed by atoms with Crippen molar-refractivity contribution in [3.8, 4) is 0 Å². The van der Waals surface area contributed by atoms with Crippen LogP contribution in [-0.4, -0.2) is 10.2 Å². The average Bonchev–Trinajstić information content (AvgIpc) is 2.42. The third-order valence-corrected chi connectivity index (χ3v) is 2.21. The number of hydrogen-bond donors (Lipinski definition) is 2. The molecule has 1 heterocycles.